The fourth-order valence-electron chi connectivity index (χ4n) is 5.23. The van der Waals surface area contributed by atoms with E-state index in [2.05, 4.69) is 49.4 Å². The van der Waals surface area contributed by atoms with Gasteiger partial charge < -0.3 is 40.9 Å². The summed E-state index contributed by atoms with van der Waals surface area (Å²) < 4.78 is 0. The number of aromatic nitrogens is 3. The molecule has 12 nitrogen and oxygen atoms in total. The molecule has 8 N–H and O–H groups in total. The van der Waals surface area contributed by atoms with Crippen LogP contribution in [0, 0.1) is 5.92 Å². The number of aliphatic hydroxyl groups excluding tert-OH is 5. The summed E-state index contributed by atoms with van der Waals surface area (Å²) in [6.45, 7) is 2.62. The van der Waals surface area contributed by atoms with E-state index in [4.69, 9.17) is 21.8 Å². The molecule has 0 spiro atoms. The number of nitrogens with zero attached hydrogens (tertiary/aromatic N) is 3. The second kappa shape index (κ2) is 15.0. The van der Waals surface area contributed by atoms with Gasteiger partial charge in [0, 0.05) is 38.3 Å². The monoisotopic (exact) mass is 657 g/mol. The van der Waals surface area contributed by atoms with E-state index in [1.54, 1.807) is 6.07 Å². The number of aliphatic carboxylic acids is 1. The highest BCUT2D eigenvalue weighted by atomic mass is 35.5. The molecule has 14 heteroatoms. The van der Waals surface area contributed by atoms with Gasteiger partial charge in [-0.05, 0) is 28.7 Å². The van der Waals surface area contributed by atoms with E-state index < -0.39 is 37.0 Å². The van der Waals surface area contributed by atoms with Gasteiger partial charge in [0.15, 0.2) is 10.8 Å². The largest absolute Gasteiger partial charge is 0.481 e. The molecule has 2 unspecified atom stereocenters. The molecule has 4 atom stereocenters. The molecule has 0 bridgehead atoms. The molecule has 2 aromatic carbocycles. The Morgan fingerprint density at radius 1 is 0.978 bits per heavy atom. The van der Waals surface area contributed by atoms with Crippen molar-refractivity contribution < 1.29 is 35.4 Å². The Morgan fingerprint density at radius 3 is 2.24 bits per heavy atom. The number of thioether (sulfide) groups is 1. The normalized spacial score (nSPS) is 16.8. The van der Waals surface area contributed by atoms with Crippen molar-refractivity contribution in [2.24, 2.45) is 5.92 Å². The van der Waals surface area contributed by atoms with Crippen molar-refractivity contribution in [3.63, 3.8) is 0 Å². The first kappa shape index (κ1) is 33.3. The van der Waals surface area contributed by atoms with E-state index in [1.807, 2.05) is 24.3 Å². The maximum absolute atomic E-state index is 10.9. The molecule has 3 heterocycles. The molecule has 0 saturated carbocycles. The van der Waals surface area contributed by atoms with Crippen molar-refractivity contribution in [1.29, 1.82) is 0 Å². The Morgan fingerprint density at radius 2 is 1.60 bits per heavy atom. The highest BCUT2D eigenvalue weighted by molar-refractivity contribution is 7.99. The SMILES string of the molecule is O=C(O)CSc1nc2nc(-c3ccc(-c4ccc(CN5CC(CNCC(O)C(O)[C@@H](O)[C@@H](O)CO)C5)cc4)cc3)c(Cl)cc2[nH]1. The summed E-state index contributed by atoms with van der Waals surface area (Å²) in [6, 6.07) is 18.1. The lowest BCUT2D eigenvalue weighted by molar-refractivity contribution is -0.133. The number of hydrogen-bond donors (Lipinski definition) is 8. The Bertz CT molecular complexity index is 1580. The van der Waals surface area contributed by atoms with Gasteiger partial charge in [0.25, 0.3) is 0 Å². The molecule has 0 amide bonds. The molecule has 4 aromatic rings. The molecule has 1 fully saturated rings. The van der Waals surface area contributed by atoms with Crippen LogP contribution in [0.2, 0.25) is 5.02 Å². The summed E-state index contributed by atoms with van der Waals surface area (Å²) in [6.07, 6.45) is -5.95. The van der Waals surface area contributed by atoms with E-state index >= 15 is 0 Å². The molecule has 45 heavy (non-hydrogen) atoms. The highest BCUT2D eigenvalue weighted by Crippen LogP contribution is 2.31. The van der Waals surface area contributed by atoms with Crippen molar-refractivity contribution in [3.8, 4) is 22.4 Å². The molecule has 0 radical (unpaired) electrons. The molecule has 0 aliphatic carbocycles. The van der Waals surface area contributed by atoms with Crippen LogP contribution in [-0.4, -0.2) is 119 Å². The third-order valence-corrected chi connectivity index (χ3v) is 8.88. The molecule has 240 valence electrons. The van der Waals surface area contributed by atoms with Crippen LogP contribution in [0.25, 0.3) is 33.5 Å². The topological polar surface area (TPSA) is 195 Å². The number of pyridine rings is 1. The summed E-state index contributed by atoms with van der Waals surface area (Å²) in [4.78, 5) is 25.2. The predicted molar refractivity (Wildman–Crippen MR) is 171 cm³/mol. The number of benzene rings is 2. The fourth-order valence-corrected chi connectivity index (χ4v) is 6.09. The van der Waals surface area contributed by atoms with Gasteiger partial charge in [0.05, 0.1) is 34.7 Å². The van der Waals surface area contributed by atoms with Crippen molar-refractivity contribution in [1.82, 2.24) is 25.2 Å². The summed E-state index contributed by atoms with van der Waals surface area (Å²) >= 11 is 7.62. The first-order chi connectivity index (χ1) is 21.6. The molecular weight excluding hydrogens is 622 g/mol. The number of carbonyl (C=O) groups is 1. The zero-order valence-electron chi connectivity index (χ0n) is 24.3. The summed E-state index contributed by atoms with van der Waals surface area (Å²) in [5.74, 6) is -0.628. The maximum atomic E-state index is 10.9. The number of halogens is 1. The van der Waals surface area contributed by atoms with Gasteiger partial charge in [-0.2, -0.15) is 0 Å². The van der Waals surface area contributed by atoms with Gasteiger partial charge in [-0.1, -0.05) is 71.9 Å². The number of fused-ring (bicyclic) bond motifs is 1. The third-order valence-electron chi connectivity index (χ3n) is 7.73. The second-order valence-electron chi connectivity index (χ2n) is 11.2. The van der Waals surface area contributed by atoms with Crippen molar-refractivity contribution in [2.75, 3.05) is 38.5 Å². The summed E-state index contributed by atoms with van der Waals surface area (Å²) in [5, 5.41) is 60.9. The van der Waals surface area contributed by atoms with Crippen LogP contribution >= 0.6 is 23.4 Å². The van der Waals surface area contributed by atoms with Gasteiger partial charge in [0.2, 0.25) is 0 Å². The van der Waals surface area contributed by atoms with E-state index in [1.165, 1.54) is 5.56 Å². The lowest BCUT2D eigenvalue weighted by Crippen LogP contribution is -2.52. The van der Waals surface area contributed by atoms with E-state index in [0.29, 0.717) is 39.5 Å². The minimum Gasteiger partial charge on any atom is -0.481 e. The smallest absolute Gasteiger partial charge is 0.313 e. The first-order valence-electron chi connectivity index (χ1n) is 14.5. The number of carboxylic acids is 1. The molecule has 5 rings (SSSR count). The van der Waals surface area contributed by atoms with Gasteiger partial charge in [-0.3, -0.25) is 9.69 Å². The molecule has 1 aliphatic rings. The Kier molecular flexibility index (Phi) is 11.1. The summed E-state index contributed by atoms with van der Waals surface area (Å²) in [5.41, 5.74) is 5.88. The zero-order chi connectivity index (χ0) is 32.1. The number of aliphatic hydroxyl groups is 5. The van der Waals surface area contributed by atoms with Crippen molar-refractivity contribution in [3.05, 3.63) is 65.2 Å². The van der Waals surface area contributed by atoms with Crippen LogP contribution in [0.4, 0.5) is 0 Å². The lowest BCUT2D eigenvalue weighted by atomic mass is 9.97. The number of nitrogens with one attached hydrogen (secondary N) is 2. The van der Waals surface area contributed by atoms with Gasteiger partial charge in [-0.25, -0.2) is 9.97 Å². The Balaban J connectivity index is 1.09. The number of aromatic amines is 1. The number of rotatable bonds is 15. The van der Waals surface area contributed by atoms with Gasteiger partial charge >= 0.3 is 5.97 Å². The minimum atomic E-state index is -1.62. The maximum Gasteiger partial charge on any atom is 0.313 e. The standard InChI is InChI=1S/C31H36ClN5O7S/c32-22-9-23-30(36-31(34-23)45-16-26(41)42)35-27(22)21-7-5-20(6-8-21)19-3-1-17(2-4-19)12-37-13-18(14-37)10-33-11-24(39)28(43)29(44)25(40)15-38/h1-9,18,24-25,28-29,33,38-40,43-44H,10-16H2,(H,41,42)(H,34,35,36)/t24?,25-,28?,29-/m0/s1. The number of carboxylic acid groups (broad SMARTS) is 1. The van der Waals surface area contributed by atoms with Gasteiger partial charge in [0.1, 0.15) is 18.3 Å². The predicted octanol–water partition coefficient (Wildman–Crippen LogP) is 1.58. The minimum absolute atomic E-state index is 0.0640. The summed E-state index contributed by atoms with van der Waals surface area (Å²) in [7, 11) is 0. The fraction of sp³-hybridized carbons (Fsp3) is 0.387. The van der Waals surface area contributed by atoms with Crippen LogP contribution < -0.4 is 5.32 Å². The van der Waals surface area contributed by atoms with Crippen LogP contribution in [0.3, 0.4) is 0 Å². The van der Waals surface area contributed by atoms with E-state index in [-0.39, 0.29) is 12.3 Å². The van der Waals surface area contributed by atoms with Gasteiger partial charge in [-0.15, -0.1) is 0 Å². The number of likely N-dealkylation sites (tertiary alicyclic amines) is 1. The Hall–Kier alpha value is -3.11. The number of H-pyrrole nitrogens is 1. The lowest BCUT2D eigenvalue weighted by Gasteiger charge is -2.39. The second-order valence-corrected chi connectivity index (χ2v) is 12.6. The van der Waals surface area contributed by atoms with E-state index in [9.17, 15) is 25.2 Å². The van der Waals surface area contributed by atoms with Crippen LogP contribution in [-0.2, 0) is 11.3 Å². The third kappa shape index (κ3) is 8.38. The van der Waals surface area contributed by atoms with Crippen molar-refractivity contribution in [2.45, 2.75) is 36.1 Å². The van der Waals surface area contributed by atoms with Crippen molar-refractivity contribution >= 4 is 40.5 Å². The number of imidazole rings is 1. The molecular formula is C31H36ClN5O7S. The average molecular weight is 658 g/mol. The van der Waals surface area contributed by atoms with E-state index in [0.717, 1.165) is 48.1 Å². The molecule has 2 aromatic heterocycles. The average Bonchev–Trinajstić information content (AvgIpc) is 3.42. The quantitative estimate of drug-likeness (QED) is 0.0861. The zero-order valence-corrected chi connectivity index (χ0v) is 25.8. The van der Waals surface area contributed by atoms with Crippen LogP contribution in [0.15, 0.2) is 59.8 Å². The Labute approximate surface area is 268 Å². The molecule has 1 saturated heterocycles. The van der Waals surface area contributed by atoms with Crippen LogP contribution in [0.5, 0.6) is 0 Å². The highest BCUT2D eigenvalue weighted by Gasteiger charge is 2.31. The number of hydrogen-bond acceptors (Lipinski definition) is 11. The first-order valence-corrected chi connectivity index (χ1v) is 15.8. The molecule has 1 aliphatic heterocycles. The van der Waals surface area contributed by atoms with Crippen LogP contribution in [0.1, 0.15) is 5.56 Å².